The van der Waals surface area contributed by atoms with Crippen molar-refractivity contribution in [3.63, 3.8) is 0 Å². The molecule has 0 spiro atoms. The number of nitrogens with zero attached hydrogens (tertiary/aromatic N) is 3. The first-order valence-corrected chi connectivity index (χ1v) is 9.45. The summed E-state index contributed by atoms with van der Waals surface area (Å²) in [5.41, 5.74) is 1.94. The highest BCUT2D eigenvalue weighted by Crippen LogP contribution is 2.28. The molecule has 1 aromatic heterocycles. The van der Waals surface area contributed by atoms with Gasteiger partial charge in [0, 0.05) is 26.2 Å². The zero-order valence-corrected chi connectivity index (χ0v) is 14.2. The van der Waals surface area contributed by atoms with Gasteiger partial charge >= 0.3 is 0 Å². The lowest BCUT2D eigenvalue weighted by atomic mass is 10.2. The fraction of sp³-hybridized carbons (Fsp3) is 0.235. The second-order valence-corrected chi connectivity index (χ2v) is 7.64. The van der Waals surface area contributed by atoms with Crippen molar-refractivity contribution in [3.05, 3.63) is 54.6 Å². The van der Waals surface area contributed by atoms with Crippen molar-refractivity contribution in [1.29, 1.82) is 0 Å². The third kappa shape index (κ3) is 2.67. The fourth-order valence-electron chi connectivity index (χ4n) is 3.11. The summed E-state index contributed by atoms with van der Waals surface area (Å²) in [6, 6.07) is 10.8. The molecule has 6 nitrogen and oxygen atoms in total. The lowest BCUT2D eigenvalue weighted by molar-refractivity contribution is 0.562. The van der Waals surface area contributed by atoms with E-state index in [-0.39, 0.29) is 4.90 Å². The van der Waals surface area contributed by atoms with Crippen molar-refractivity contribution in [2.24, 2.45) is 0 Å². The van der Waals surface area contributed by atoms with Crippen molar-refractivity contribution < 1.29 is 12.8 Å². The Morgan fingerprint density at radius 3 is 2.56 bits per heavy atom. The van der Waals surface area contributed by atoms with Crippen LogP contribution in [0.5, 0.6) is 0 Å². The highest BCUT2D eigenvalue weighted by molar-refractivity contribution is 7.90. The highest BCUT2D eigenvalue weighted by Gasteiger charge is 2.24. The van der Waals surface area contributed by atoms with Gasteiger partial charge in [0.2, 0.25) is 0 Å². The smallest absolute Gasteiger partial charge is 0.272 e. The molecule has 0 saturated carbocycles. The van der Waals surface area contributed by atoms with Crippen molar-refractivity contribution in [2.75, 3.05) is 31.1 Å². The zero-order valence-electron chi connectivity index (χ0n) is 13.4. The number of rotatable bonds is 3. The van der Waals surface area contributed by atoms with Crippen LogP contribution >= 0.6 is 0 Å². The molecule has 0 unspecified atom stereocenters. The molecule has 1 aliphatic heterocycles. The van der Waals surface area contributed by atoms with Crippen LogP contribution in [0.15, 0.2) is 53.7 Å². The van der Waals surface area contributed by atoms with Crippen LogP contribution < -0.4 is 10.2 Å². The quantitative estimate of drug-likeness (QED) is 0.772. The van der Waals surface area contributed by atoms with E-state index in [0.717, 1.165) is 41.9 Å². The van der Waals surface area contributed by atoms with E-state index >= 15 is 0 Å². The largest absolute Gasteiger partial charge is 0.367 e. The molecule has 1 saturated heterocycles. The van der Waals surface area contributed by atoms with Gasteiger partial charge < -0.3 is 10.2 Å². The maximum absolute atomic E-state index is 14.0. The summed E-state index contributed by atoms with van der Waals surface area (Å²) < 4.78 is 40.8. The summed E-state index contributed by atoms with van der Waals surface area (Å²) in [4.78, 5) is 6.13. The molecular formula is C17H17FN4O2S. The van der Waals surface area contributed by atoms with Gasteiger partial charge in [0.05, 0.1) is 11.2 Å². The van der Waals surface area contributed by atoms with Gasteiger partial charge in [-0.05, 0) is 24.3 Å². The van der Waals surface area contributed by atoms with Crippen LogP contribution in [0.25, 0.3) is 11.0 Å². The number of imidazole rings is 1. The number of piperazine rings is 1. The summed E-state index contributed by atoms with van der Waals surface area (Å²) in [5, 5.41) is 3.28. The minimum atomic E-state index is -4.05. The average molecular weight is 360 g/mol. The molecule has 25 heavy (non-hydrogen) atoms. The fourth-order valence-corrected chi connectivity index (χ4v) is 4.47. The number of anilines is 1. The maximum Gasteiger partial charge on any atom is 0.272 e. The number of fused-ring (bicyclic) bond motifs is 1. The molecule has 2 aromatic carbocycles. The number of aromatic nitrogens is 2. The Labute approximate surface area is 144 Å². The van der Waals surface area contributed by atoms with E-state index in [9.17, 15) is 12.8 Å². The Bertz CT molecular complexity index is 1030. The topological polar surface area (TPSA) is 67.2 Å². The average Bonchev–Trinajstić information content (AvgIpc) is 3.07. The van der Waals surface area contributed by atoms with E-state index in [1.165, 1.54) is 24.5 Å². The van der Waals surface area contributed by atoms with Gasteiger partial charge in [-0.3, -0.25) is 0 Å². The molecule has 1 N–H and O–H groups in total. The molecule has 0 radical (unpaired) electrons. The molecule has 4 rings (SSSR count). The van der Waals surface area contributed by atoms with Crippen LogP contribution in [0.2, 0.25) is 0 Å². The summed E-state index contributed by atoms with van der Waals surface area (Å²) in [6.07, 6.45) is 1.25. The Morgan fingerprint density at radius 2 is 1.80 bits per heavy atom. The second kappa shape index (κ2) is 6.12. The van der Waals surface area contributed by atoms with Crippen molar-refractivity contribution in [3.8, 4) is 0 Å². The molecule has 130 valence electrons. The first kappa shape index (κ1) is 16.0. The lowest BCUT2D eigenvalue weighted by Crippen LogP contribution is -2.43. The van der Waals surface area contributed by atoms with E-state index in [1.807, 2.05) is 6.07 Å². The molecule has 8 heteroatoms. The molecule has 0 bridgehead atoms. The molecule has 0 aliphatic carbocycles. The SMILES string of the molecule is O=S(=O)(c1ccccc1F)n1cnc2c(N3CCNCC3)cccc21. The van der Waals surface area contributed by atoms with Gasteiger partial charge in [0.25, 0.3) is 10.0 Å². The Balaban J connectivity index is 1.86. The summed E-state index contributed by atoms with van der Waals surface area (Å²) in [6.45, 7) is 3.38. The van der Waals surface area contributed by atoms with Crippen molar-refractivity contribution >= 4 is 26.7 Å². The van der Waals surface area contributed by atoms with E-state index in [2.05, 4.69) is 15.2 Å². The minimum Gasteiger partial charge on any atom is -0.367 e. The highest BCUT2D eigenvalue weighted by atomic mass is 32.2. The van der Waals surface area contributed by atoms with Crippen LogP contribution in [0, 0.1) is 5.82 Å². The molecule has 0 amide bonds. The van der Waals surface area contributed by atoms with E-state index in [4.69, 9.17) is 0 Å². The summed E-state index contributed by atoms with van der Waals surface area (Å²) in [7, 11) is -4.05. The van der Waals surface area contributed by atoms with Gasteiger partial charge in [-0.15, -0.1) is 0 Å². The number of halogens is 1. The number of benzene rings is 2. The maximum atomic E-state index is 14.0. The van der Waals surface area contributed by atoms with Gasteiger partial charge in [-0.2, -0.15) is 0 Å². The Hall–Kier alpha value is -2.45. The van der Waals surface area contributed by atoms with E-state index < -0.39 is 15.8 Å². The second-order valence-electron chi connectivity index (χ2n) is 5.86. The molecule has 0 atom stereocenters. The lowest BCUT2D eigenvalue weighted by Gasteiger charge is -2.29. The van der Waals surface area contributed by atoms with Gasteiger partial charge in [0.1, 0.15) is 22.6 Å². The number of hydrogen-bond acceptors (Lipinski definition) is 5. The first-order chi connectivity index (χ1) is 12.1. The number of hydrogen-bond donors (Lipinski definition) is 1. The zero-order chi connectivity index (χ0) is 17.4. The summed E-state index contributed by atoms with van der Waals surface area (Å²) >= 11 is 0. The predicted molar refractivity (Wildman–Crippen MR) is 93.8 cm³/mol. The van der Waals surface area contributed by atoms with Crippen molar-refractivity contribution in [1.82, 2.24) is 14.3 Å². The van der Waals surface area contributed by atoms with Crippen LogP contribution in [0.1, 0.15) is 0 Å². The van der Waals surface area contributed by atoms with Gasteiger partial charge in [-0.25, -0.2) is 21.8 Å². The van der Waals surface area contributed by atoms with E-state index in [0.29, 0.717) is 11.0 Å². The standard InChI is InChI=1S/C17H17FN4O2S/c18-13-4-1-2-7-16(13)25(23,24)22-12-20-17-14(5-3-6-15(17)22)21-10-8-19-9-11-21/h1-7,12,19H,8-11H2. The Kier molecular flexibility index (Phi) is 3.93. The van der Waals surface area contributed by atoms with Crippen LogP contribution in [-0.4, -0.2) is 43.6 Å². The van der Waals surface area contributed by atoms with Crippen LogP contribution in [0.4, 0.5) is 10.1 Å². The minimum absolute atomic E-state index is 0.359. The number of para-hydroxylation sites is 1. The molecule has 1 aliphatic rings. The van der Waals surface area contributed by atoms with Crippen LogP contribution in [0.3, 0.4) is 0 Å². The molecule has 3 aromatic rings. The van der Waals surface area contributed by atoms with Crippen LogP contribution in [-0.2, 0) is 10.0 Å². The third-order valence-electron chi connectivity index (χ3n) is 4.35. The Morgan fingerprint density at radius 1 is 1.04 bits per heavy atom. The predicted octanol–water partition coefficient (Wildman–Crippen LogP) is 1.82. The molecule has 2 heterocycles. The monoisotopic (exact) mass is 360 g/mol. The molecule has 1 fully saturated rings. The number of nitrogens with one attached hydrogen (secondary N) is 1. The third-order valence-corrected chi connectivity index (χ3v) is 6.05. The normalized spacial score (nSPS) is 15.6. The van der Waals surface area contributed by atoms with Gasteiger partial charge in [-0.1, -0.05) is 18.2 Å². The molecular weight excluding hydrogens is 343 g/mol. The first-order valence-electron chi connectivity index (χ1n) is 8.01. The summed E-state index contributed by atoms with van der Waals surface area (Å²) in [5.74, 6) is -0.775. The van der Waals surface area contributed by atoms with Crippen molar-refractivity contribution in [2.45, 2.75) is 4.90 Å². The van der Waals surface area contributed by atoms with E-state index in [1.54, 1.807) is 12.1 Å². The van der Waals surface area contributed by atoms with Gasteiger partial charge in [0.15, 0.2) is 0 Å².